The first kappa shape index (κ1) is 19.2. The number of carbonyl (C=O) groups is 1. The van der Waals surface area contributed by atoms with Gasteiger partial charge in [-0.1, -0.05) is 53.7 Å². The van der Waals surface area contributed by atoms with Crippen molar-refractivity contribution in [1.82, 2.24) is 20.2 Å². The van der Waals surface area contributed by atoms with Crippen LogP contribution in [0.1, 0.15) is 16.5 Å². The van der Waals surface area contributed by atoms with Gasteiger partial charge in [-0.15, -0.1) is 0 Å². The Balaban J connectivity index is 1.69. The summed E-state index contributed by atoms with van der Waals surface area (Å²) in [4.78, 5) is 24.7. The van der Waals surface area contributed by atoms with Gasteiger partial charge in [0.2, 0.25) is 5.91 Å². The predicted octanol–water partition coefficient (Wildman–Crippen LogP) is 3.86. The summed E-state index contributed by atoms with van der Waals surface area (Å²) in [6.07, 6.45) is 0. The summed E-state index contributed by atoms with van der Waals surface area (Å²) in [6, 6.07) is 15.4. The number of benzene rings is 2. The summed E-state index contributed by atoms with van der Waals surface area (Å²) >= 11 is 7.55. The van der Waals surface area contributed by atoms with Crippen molar-refractivity contribution in [2.75, 3.05) is 26.2 Å². The van der Waals surface area contributed by atoms with Gasteiger partial charge in [0.05, 0.1) is 16.7 Å². The highest BCUT2D eigenvalue weighted by Gasteiger charge is 2.29. The number of fused-ring (bicyclic) bond motifs is 1. The van der Waals surface area contributed by atoms with Crippen molar-refractivity contribution in [3.8, 4) is 0 Å². The van der Waals surface area contributed by atoms with Crippen LogP contribution in [0.25, 0.3) is 11.0 Å². The highest BCUT2D eigenvalue weighted by Crippen LogP contribution is 2.37. The minimum absolute atomic E-state index is 0.120. The number of piperazine rings is 1. The number of thioether (sulfide) groups is 1. The molecular formula is C21H21ClN4OS. The lowest BCUT2D eigenvalue weighted by atomic mass is 10.1. The van der Waals surface area contributed by atoms with Crippen molar-refractivity contribution in [3.63, 3.8) is 0 Å². The first-order valence-corrected chi connectivity index (χ1v) is 10.5. The Morgan fingerprint density at radius 2 is 1.86 bits per heavy atom. The lowest BCUT2D eigenvalue weighted by Crippen LogP contribution is -2.47. The molecule has 1 aromatic heterocycles. The highest BCUT2D eigenvalue weighted by atomic mass is 35.5. The Morgan fingerprint density at radius 1 is 1.11 bits per heavy atom. The minimum Gasteiger partial charge on any atom is -0.339 e. The maximum Gasteiger partial charge on any atom is 0.240 e. The fourth-order valence-corrected chi connectivity index (χ4v) is 4.56. The lowest BCUT2D eigenvalue weighted by molar-refractivity contribution is -0.131. The fraction of sp³-hybridized carbons (Fsp3) is 0.286. The van der Waals surface area contributed by atoms with Crippen molar-refractivity contribution in [2.45, 2.75) is 17.2 Å². The molecule has 1 amide bonds. The van der Waals surface area contributed by atoms with Crippen LogP contribution in [-0.4, -0.2) is 47.0 Å². The minimum atomic E-state index is -0.350. The summed E-state index contributed by atoms with van der Waals surface area (Å²) in [6.45, 7) is 5.03. The molecule has 0 spiro atoms. The number of aromatic nitrogens is 2. The molecule has 1 saturated heterocycles. The monoisotopic (exact) mass is 412 g/mol. The fourth-order valence-electron chi connectivity index (χ4n) is 3.26. The van der Waals surface area contributed by atoms with Gasteiger partial charge in [0.25, 0.3) is 0 Å². The number of carbonyl (C=O) groups excluding carboxylic acids is 1. The van der Waals surface area contributed by atoms with E-state index in [9.17, 15) is 4.79 Å². The van der Waals surface area contributed by atoms with Crippen LogP contribution in [-0.2, 0) is 4.79 Å². The van der Waals surface area contributed by atoms with Crippen molar-refractivity contribution in [2.24, 2.45) is 0 Å². The third-order valence-electron chi connectivity index (χ3n) is 4.74. The van der Waals surface area contributed by atoms with Crippen LogP contribution >= 0.6 is 23.4 Å². The van der Waals surface area contributed by atoms with Gasteiger partial charge in [0.15, 0.2) is 0 Å². The average Bonchev–Trinajstić information content (AvgIpc) is 2.73. The molecule has 1 atom stereocenters. The molecule has 2 heterocycles. The molecule has 0 saturated carbocycles. The smallest absolute Gasteiger partial charge is 0.240 e. The molecule has 3 aromatic rings. The van der Waals surface area contributed by atoms with E-state index in [-0.39, 0.29) is 11.2 Å². The number of aryl methyl sites for hydroxylation is 1. The topological polar surface area (TPSA) is 58.1 Å². The summed E-state index contributed by atoms with van der Waals surface area (Å²) in [7, 11) is 0. The molecule has 2 aromatic carbocycles. The van der Waals surface area contributed by atoms with Crippen LogP contribution in [0.2, 0.25) is 5.02 Å². The van der Waals surface area contributed by atoms with Crippen molar-refractivity contribution >= 4 is 40.3 Å². The van der Waals surface area contributed by atoms with Crippen LogP contribution in [0.15, 0.2) is 53.6 Å². The molecule has 1 N–H and O–H groups in total. The summed E-state index contributed by atoms with van der Waals surface area (Å²) in [5.74, 6) is 0.120. The molecule has 7 heteroatoms. The quantitative estimate of drug-likeness (QED) is 0.659. The standard InChI is InChI=1S/C21H21ClN4OS/c1-14-20(25-17-8-7-16(22)13-18(17)24-14)28-19(15-5-3-2-4-6-15)21(27)26-11-9-23-10-12-26/h2-8,13,19,23H,9-12H2,1H3. The summed E-state index contributed by atoms with van der Waals surface area (Å²) < 4.78 is 0. The van der Waals surface area contributed by atoms with E-state index in [0.29, 0.717) is 5.02 Å². The number of halogens is 1. The van der Waals surface area contributed by atoms with Crippen LogP contribution in [0, 0.1) is 6.92 Å². The molecule has 1 aliphatic heterocycles. The van der Waals surface area contributed by atoms with E-state index in [1.54, 1.807) is 0 Å². The molecule has 144 valence electrons. The number of nitrogens with one attached hydrogen (secondary N) is 1. The molecule has 0 bridgehead atoms. The molecule has 1 fully saturated rings. The zero-order valence-electron chi connectivity index (χ0n) is 15.6. The molecule has 0 radical (unpaired) electrons. The predicted molar refractivity (Wildman–Crippen MR) is 114 cm³/mol. The second-order valence-corrected chi connectivity index (χ2v) is 8.26. The zero-order chi connectivity index (χ0) is 19.5. The van der Waals surface area contributed by atoms with Crippen molar-refractivity contribution in [3.05, 3.63) is 64.8 Å². The molecule has 4 rings (SSSR count). The first-order valence-electron chi connectivity index (χ1n) is 9.27. The van der Waals surface area contributed by atoms with Crippen LogP contribution in [0.4, 0.5) is 0 Å². The second-order valence-electron chi connectivity index (χ2n) is 6.73. The average molecular weight is 413 g/mol. The van der Waals surface area contributed by atoms with Gasteiger partial charge < -0.3 is 10.2 Å². The Kier molecular flexibility index (Phi) is 5.80. The number of rotatable bonds is 4. The Morgan fingerprint density at radius 3 is 2.61 bits per heavy atom. The number of hydrogen-bond donors (Lipinski definition) is 1. The summed E-state index contributed by atoms with van der Waals surface area (Å²) in [5.41, 5.74) is 3.32. The number of hydrogen-bond acceptors (Lipinski definition) is 5. The van der Waals surface area contributed by atoms with Gasteiger partial charge in [0, 0.05) is 31.2 Å². The highest BCUT2D eigenvalue weighted by molar-refractivity contribution is 8.00. The van der Waals surface area contributed by atoms with Crippen LogP contribution in [0.5, 0.6) is 0 Å². The molecule has 1 aliphatic rings. The van der Waals surface area contributed by atoms with Gasteiger partial charge in [-0.25, -0.2) is 9.97 Å². The van der Waals surface area contributed by atoms with Gasteiger partial charge >= 0.3 is 0 Å². The third kappa shape index (κ3) is 4.14. The molecular weight excluding hydrogens is 392 g/mol. The molecule has 1 unspecified atom stereocenters. The van der Waals surface area contributed by atoms with Crippen molar-refractivity contribution < 1.29 is 4.79 Å². The zero-order valence-corrected chi connectivity index (χ0v) is 17.1. The van der Waals surface area contributed by atoms with E-state index >= 15 is 0 Å². The van der Waals surface area contributed by atoms with E-state index in [1.807, 2.05) is 60.4 Å². The van der Waals surface area contributed by atoms with E-state index in [2.05, 4.69) is 10.3 Å². The van der Waals surface area contributed by atoms with E-state index in [0.717, 1.165) is 53.5 Å². The van der Waals surface area contributed by atoms with Gasteiger partial charge in [0.1, 0.15) is 10.3 Å². The van der Waals surface area contributed by atoms with E-state index in [1.165, 1.54) is 11.8 Å². The maximum atomic E-state index is 13.3. The van der Waals surface area contributed by atoms with E-state index in [4.69, 9.17) is 16.6 Å². The Bertz CT molecular complexity index is 992. The Hall–Kier alpha value is -2.15. The summed E-state index contributed by atoms with van der Waals surface area (Å²) in [5, 5.41) is 4.36. The second kappa shape index (κ2) is 8.47. The van der Waals surface area contributed by atoms with Gasteiger partial charge in [-0.2, -0.15) is 0 Å². The number of nitrogens with zero attached hydrogens (tertiary/aromatic N) is 3. The van der Waals surface area contributed by atoms with Crippen LogP contribution in [0.3, 0.4) is 0 Å². The normalized spacial score (nSPS) is 15.6. The molecule has 5 nitrogen and oxygen atoms in total. The third-order valence-corrected chi connectivity index (χ3v) is 6.30. The first-order chi connectivity index (χ1) is 13.6. The molecule has 28 heavy (non-hydrogen) atoms. The maximum absolute atomic E-state index is 13.3. The molecule has 0 aliphatic carbocycles. The lowest BCUT2D eigenvalue weighted by Gasteiger charge is -2.30. The largest absolute Gasteiger partial charge is 0.339 e. The number of amides is 1. The van der Waals surface area contributed by atoms with Gasteiger partial charge in [-0.05, 0) is 30.7 Å². The van der Waals surface area contributed by atoms with Gasteiger partial charge in [-0.3, -0.25) is 4.79 Å². The SMILES string of the molecule is Cc1nc2cc(Cl)ccc2nc1SC(C(=O)N1CCNCC1)c1ccccc1. The van der Waals surface area contributed by atoms with E-state index < -0.39 is 0 Å². The van der Waals surface area contributed by atoms with Crippen LogP contribution < -0.4 is 5.32 Å². The Labute approximate surface area is 173 Å². The van der Waals surface area contributed by atoms with Crippen molar-refractivity contribution in [1.29, 1.82) is 0 Å².